The molecule has 1 aromatic heterocycles. The number of carbonyl (C=O) groups excluding carboxylic acids is 1. The van der Waals surface area contributed by atoms with Crippen molar-refractivity contribution in [2.75, 3.05) is 37.6 Å². The van der Waals surface area contributed by atoms with Gasteiger partial charge in [-0.25, -0.2) is 0 Å². The molecule has 4 rings (SSSR count). The van der Waals surface area contributed by atoms with Crippen LogP contribution in [0.25, 0.3) is 0 Å². The standard InChI is InChI=1S/C24H27N3O2/c1-19-7-5-8-20(17-19)24(28)25-18-22(23-11-6-16-29-23)27-14-12-26(13-15-27)21-9-3-2-4-10-21/h2-11,16-17,22H,12-15,18H2,1H3,(H,25,28)/t22-/m1/s1. The molecule has 1 aliphatic rings. The van der Waals surface area contributed by atoms with Crippen molar-refractivity contribution < 1.29 is 9.21 Å². The highest BCUT2D eigenvalue weighted by Crippen LogP contribution is 2.24. The lowest BCUT2D eigenvalue weighted by molar-refractivity contribution is 0.0922. The predicted octanol–water partition coefficient (Wildman–Crippen LogP) is 3.88. The van der Waals surface area contributed by atoms with E-state index in [0.29, 0.717) is 12.1 Å². The Hall–Kier alpha value is -3.05. The van der Waals surface area contributed by atoms with Crippen molar-refractivity contribution in [1.82, 2.24) is 10.2 Å². The van der Waals surface area contributed by atoms with E-state index in [1.54, 1.807) is 6.26 Å². The zero-order valence-corrected chi connectivity index (χ0v) is 16.8. The van der Waals surface area contributed by atoms with Gasteiger partial charge in [0.2, 0.25) is 0 Å². The number of hydrogen-bond acceptors (Lipinski definition) is 4. The highest BCUT2D eigenvalue weighted by Gasteiger charge is 2.27. The first-order chi connectivity index (χ1) is 14.2. The molecule has 0 bridgehead atoms. The number of nitrogens with one attached hydrogen (secondary N) is 1. The molecule has 2 heterocycles. The maximum Gasteiger partial charge on any atom is 0.251 e. The average Bonchev–Trinajstić information content (AvgIpc) is 3.29. The second kappa shape index (κ2) is 8.97. The monoisotopic (exact) mass is 389 g/mol. The predicted molar refractivity (Wildman–Crippen MR) is 115 cm³/mol. The van der Waals surface area contributed by atoms with Crippen LogP contribution in [0, 0.1) is 6.92 Å². The summed E-state index contributed by atoms with van der Waals surface area (Å²) in [5.74, 6) is 0.843. The van der Waals surface area contributed by atoms with E-state index in [1.807, 2.05) is 49.4 Å². The van der Waals surface area contributed by atoms with Crippen LogP contribution in [0.2, 0.25) is 0 Å². The lowest BCUT2D eigenvalue weighted by Gasteiger charge is -2.39. The van der Waals surface area contributed by atoms with E-state index >= 15 is 0 Å². The molecule has 2 aromatic carbocycles. The maximum atomic E-state index is 12.6. The van der Waals surface area contributed by atoms with Gasteiger partial charge >= 0.3 is 0 Å². The molecule has 3 aromatic rings. The number of para-hydroxylation sites is 1. The van der Waals surface area contributed by atoms with E-state index in [-0.39, 0.29) is 11.9 Å². The van der Waals surface area contributed by atoms with Crippen LogP contribution in [-0.2, 0) is 0 Å². The summed E-state index contributed by atoms with van der Waals surface area (Å²) < 4.78 is 5.71. The summed E-state index contributed by atoms with van der Waals surface area (Å²) in [6.45, 7) is 6.25. The molecule has 0 aliphatic carbocycles. The molecular weight excluding hydrogens is 362 g/mol. The molecule has 1 aliphatic heterocycles. The van der Waals surface area contributed by atoms with E-state index in [9.17, 15) is 4.79 Å². The zero-order chi connectivity index (χ0) is 20.1. The Morgan fingerprint density at radius 2 is 1.79 bits per heavy atom. The second-order valence-electron chi connectivity index (χ2n) is 7.47. The van der Waals surface area contributed by atoms with Crippen molar-refractivity contribution in [1.29, 1.82) is 0 Å². The first-order valence-electron chi connectivity index (χ1n) is 10.1. The molecule has 0 saturated carbocycles. The Balaban J connectivity index is 1.41. The molecule has 1 amide bonds. The first-order valence-corrected chi connectivity index (χ1v) is 10.1. The zero-order valence-electron chi connectivity index (χ0n) is 16.8. The number of nitrogens with zero attached hydrogens (tertiary/aromatic N) is 2. The molecule has 1 saturated heterocycles. The van der Waals surface area contributed by atoms with E-state index in [1.165, 1.54) is 5.69 Å². The van der Waals surface area contributed by atoms with E-state index in [0.717, 1.165) is 37.5 Å². The van der Waals surface area contributed by atoms with Crippen LogP contribution in [0.3, 0.4) is 0 Å². The lowest BCUT2D eigenvalue weighted by atomic mass is 10.1. The normalized spacial score (nSPS) is 15.8. The SMILES string of the molecule is Cc1cccc(C(=O)NC[C@H](c2ccco2)N2CCN(c3ccccc3)CC2)c1. The highest BCUT2D eigenvalue weighted by atomic mass is 16.3. The van der Waals surface area contributed by atoms with Gasteiger partial charge in [-0.3, -0.25) is 9.69 Å². The minimum atomic E-state index is -0.0480. The molecule has 1 fully saturated rings. The number of hydrogen-bond donors (Lipinski definition) is 1. The third-order valence-electron chi connectivity index (χ3n) is 5.48. The molecule has 0 radical (unpaired) electrons. The van der Waals surface area contributed by atoms with Crippen molar-refractivity contribution in [3.05, 3.63) is 89.9 Å². The van der Waals surface area contributed by atoms with Gasteiger partial charge in [-0.1, -0.05) is 35.9 Å². The highest BCUT2D eigenvalue weighted by molar-refractivity contribution is 5.94. The van der Waals surface area contributed by atoms with Gasteiger partial charge in [0.05, 0.1) is 12.3 Å². The summed E-state index contributed by atoms with van der Waals surface area (Å²) in [5.41, 5.74) is 3.03. The number of aryl methyl sites for hydroxylation is 1. The van der Waals surface area contributed by atoms with Crippen molar-refractivity contribution >= 4 is 11.6 Å². The van der Waals surface area contributed by atoms with E-state index in [2.05, 4.69) is 39.4 Å². The summed E-state index contributed by atoms with van der Waals surface area (Å²) in [5, 5.41) is 3.10. The van der Waals surface area contributed by atoms with Crippen LogP contribution < -0.4 is 10.2 Å². The third-order valence-corrected chi connectivity index (χ3v) is 5.48. The van der Waals surface area contributed by atoms with Crippen molar-refractivity contribution in [2.24, 2.45) is 0 Å². The summed E-state index contributed by atoms with van der Waals surface area (Å²) in [6, 6.07) is 22.1. The van der Waals surface area contributed by atoms with Crippen LogP contribution in [0.1, 0.15) is 27.7 Å². The number of benzene rings is 2. The Bertz CT molecular complexity index is 916. The summed E-state index contributed by atoms with van der Waals surface area (Å²) in [7, 11) is 0. The number of anilines is 1. The second-order valence-corrected chi connectivity index (χ2v) is 7.47. The van der Waals surface area contributed by atoms with Crippen LogP contribution >= 0.6 is 0 Å². The molecular formula is C24H27N3O2. The van der Waals surface area contributed by atoms with Crippen LogP contribution in [0.15, 0.2) is 77.4 Å². The number of carbonyl (C=O) groups is 1. The van der Waals surface area contributed by atoms with Crippen LogP contribution in [-0.4, -0.2) is 43.5 Å². The minimum Gasteiger partial charge on any atom is -0.468 e. The van der Waals surface area contributed by atoms with Crippen molar-refractivity contribution in [2.45, 2.75) is 13.0 Å². The molecule has 29 heavy (non-hydrogen) atoms. The third kappa shape index (κ3) is 4.69. The molecule has 1 N–H and O–H groups in total. The lowest BCUT2D eigenvalue weighted by Crippen LogP contribution is -2.49. The Morgan fingerprint density at radius 1 is 1.00 bits per heavy atom. The molecule has 5 nitrogen and oxygen atoms in total. The van der Waals surface area contributed by atoms with E-state index in [4.69, 9.17) is 4.42 Å². The van der Waals surface area contributed by atoms with Gasteiger partial charge in [-0.15, -0.1) is 0 Å². The van der Waals surface area contributed by atoms with Gasteiger partial charge in [-0.2, -0.15) is 0 Å². The fraction of sp³-hybridized carbons (Fsp3) is 0.292. The average molecular weight is 389 g/mol. The van der Waals surface area contributed by atoms with Gasteiger partial charge in [0.15, 0.2) is 0 Å². The Labute approximate surface area is 171 Å². The van der Waals surface area contributed by atoms with Crippen molar-refractivity contribution in [3.8, 4) is 0 Å². The fourth-order valence-electron chi connectivity index (χ4n) is 3.90. The maximum absolute atomic E-state index is 12.6. The van der Waals surface area contributed by atoms with Gasteiger partial charge in [-0.05, 0) is 43.3 Å². The van der Waals surface area contributed by atoms with E-state index < -0.39 is 0 Å². The molecule has 1 atom stereocenters. The number of amides is 1. The number of rotatable bonds is 6. The largest absolute Gasteiger partial charge is 0.468 e. The minimum absolute atomic E-state index is 0.0247. The summed E-state index contributed by atoms with van der Waals surface area (Å²) in [4.78, 5) is 17.4. The van der Waals surface area contributed by atoms with Gasteiger partial charge in [0.25, 0.3) is 5.91 Å². The molecule has 0 spiro atoms. The Kier molecular flexibility index (Phi) is 5.96. The number of furan rings is 1. The van der Waals surface area contributed by atoms with Crippen molar-refractivity contribution in [3.63, 3.8) is 0 Å². The smallest absolute Gasteiger partial charge is 0.251 e. The first kappa shape index (κ1) is 19.3. The summed E-state index contributed by atoms with van der Waals surface area (Å²) in [6.07, 6.45) is 1.70. The van der Waals surface area contributed by atoms with Crippen LogP contribution in [0.4, 0.5) is 5.69 Å². The molecule has 0 unspecified atom stereocenters. The quantitative estimate of drug-likeness (QED) is 0.695. The van der Waals surface area contributed by atoms with Gasteiger partial charge < -0.3 is 14.6 Å². The number of piperazine rings is 1. The van der Waals surface area contributed by atoms with Crippen LogP contribution in [0.5, 0.6) is 0 Å². The van der Waals surface area contributed by atoms with Gasteiger partial charge in [0, 0.05) is 44.0 Å². The fourth-order valence-corrected chi connectivity index (χ4v) is 3.90. The topological polar surface area (TPSA) is 48.7 Å². The van der Waals surface area contributed by atoms with Gasteiger partial charge in [0.1, 0.15) is 5.76 Å². The summed E-state index contributed by atoms with van der Waals surface area (Å²) >= 11 is 0. The molecule has 5 heteroatoms. The Morgan fingerprint density at radius 3 is 2.48 bits per heavy atom. The molecule has 150 valence electrons.